The second-order valence-electron chi connectivity index (χ2n) is 14.5. The molecule has 9 rings (SSSR count). The second kappa shape index (κ2) is 15.6. The molecule has 7 aromatic carbocycles. The molecular weight excluding hydrogens is 709 g/mol. The first kappa shape index (κ1) is 36.2. The standard InChI is InChI=1S/C52H40N6/c1-33-34(2)46(42-28-18-30-44(32-42)52-57-49(39-23-13-7-14-24-39)54-50(58-52)40-25-15-8-16-26-40)36(4)35(3)45(33)41-27-17-29-43(31-41)51-55-47(37-19-9-5-10-20-37)53-48(56-51)38-21-11-6-12-22-38/h5-32H,1-4H3. The first-order valence-electron chi connectivity index (χ1n) is 19.5. The maximum atomic E-state index is 5.01. The molecule has 0 aliphatic heterocycles. The lowest BCUT2D eigenvalue weighted by Gasteiger charge is -2.22. The van der Waals surface area contributed by atoms with Gasteiger partial charge < -0.3 is 0 Å². The van der Waals surface area contributed by atoms with Crippen LogP contribution in [0.15, 0.2) is 170 Å². The molecule has 0 fully saturated rings. The van der Waals surface area contributed by atoms with E-state index in [4.69, 9.17) is 29.9 Å². The van der Waals surface area contributed by atoms with E-state index < -0.39 is 0 Å². The molecule has 0 radical (unpaired) electrons. The highest BCUT2D eigenvalue weighted by atomic mass is 15.0. The predicted octanol–water partition coefficient (Wildman–Crippen LogP) is 12.6. The highest BCUT2D eigenvalue weighted by molar-refractivity contribution is 5.85. The molecule has 0 bridgehead atoms. The van der Waals surface area contributed by atoms with Crippen molar-refractivity contribution in [2.75, 3.05) is 0 Å². The normalized spacial score (nSPS) is 11.1. The summed E-state index contributed by atoms with van der Waals surface area (Å²) < 4.78 is 0. The quantitative estimate of drug-likeness (QED) is 0.154. The zero-order valence-corrected chi connectivity index (χ0v) is 32.8. The van der Waals surface area contributed by atoms with Gasteiger partial charge in [0.05, 0.1) is 0 Å². The van der Waals surface area contributed by atoms with Crippen molar-refractivity contribution in [2.24, 2.45) is 0 Å². The fraction of sp³-hybridized carbons (Fsp3) is 0.0769. The molecule has 0 N–H and O–H groups in total. The Kier molecular flexibility index (Phi) is 9.74. The van der Waals surface area contributed by atoms with Gasteiger partial charge in [0, 0.05) is 33.4 Å². The summed E-state index contributed by atoms with van der Waals surface area (Å²) in [5.74, 6) is 3.85. The van der Waals surface area contributed by atoms with E-state index in [2.05, 4.69) is 76.2 Å². The fourth-order valence-electron chi connectivity index (χ4n) is 7.68. The van der Waals surface area contributed by atoms with Crippen LogP contribution >= 0.6 is 0 Å². The minimum Gasteiger partial charge on any atom is -0.208 e. The lowest BCUT2D eigenvalue weighted by Crippen LogP contribution is -2.02. The van der Waals surface area contributed by atoms with Gasteiger partial charge in [-0.05, 0) is 84.3 Å². The molecule has 278 valence electrons. The van der Waals surface area contributed by atoms with Crippen molar-refractivity contribution in [3.63, 3.8) is 0 Å². The average Bonchev–Trinajstić information content (AvgIpc) is 3.29. The number of hydrogen-bond acceptors (Lipinski definition) is 6. The summed E-state index contributed by atoms with van der Waals surface area (Å²) in [7, 11) is 0. The molecule has 0 aliphatic rings. The first-order chi connectivity index (χ1) is 28.4. The molecule has 0 unspecified atom stereocenters. The summed E-state index contributed by atoms with van der Waals surface area (Å²) in [5.41, 5.74) is 15.2. The van der Waals surface area contributed by atoms with Gasteiger partial charge in [-0.2, -0.15) is 0 Å². The van der Waals surface area contributed by atoms with E-state index in [1.807, 2.05) is 121 Å². The maximum Gasteiger partial charge on any atom is 0.164 e. The van der Waals surface area contributed by atoms with Crippen LogP contribution in [-0.2, 0) is 0 Å². The van der Waals surface area contributed by atoms with E-state index >= 15 is 0 Å². The third-order valence-electron chi connectivity index (χ3n) is 10.8. The number of hydrogen-bond donors (Lipinski definition) is 0. The zero-order chi connectivity index (χ0) is 39.6. The van der Waals surface area contributed by atoms with Crippen molar-refractivity contribution >= 4 is 0 Å². The van der Waals surface area contributed by atoms with Crippen LogP contribution in [0.5, 0.6) is 0 Å². The van der Waals surface area contributed by atoms with Crippen molar-refractivity contribution in [2.45, 2.75) is 27.7 Å². The van der Waals surface area contributed by atoms with E-state index in [1.54, 1.807) is 0 Å². The SMILES string of the molecule is Cc1c(C)c(-c2cccc(-c3nc(-c4ccccc4)nc(-c4ccccc4)n3)c2)c(C)c(C)c1-c1cccc(-c2nc(-c3ccccc3)nc(-c3ccccc3)n2)c1. The molecule has 0 aliphatic carbocycles. The lowest BCUT2D eigenvalue weighted by molar-refractivity contribution is 1.07. The molecule has 0 spiro atoms. The zero-order valence-electron chi connectivity index (χ0n) is 32.8. The monoisotopic (exact) mass is 748 g/mol. The number of benzene rings is 7. The molecule has 58 heavy (non-hydrogen) atoms. The Hall–Kier alpha value is -7.44. The summed E-state index contributed by atoms with van der Waals surface area (Å²) >= 11 is 0. The topological polar surface area (TPSA) is 77.3 Å². The summed E-state index contributed by atoms with van der Waals surface area (Å²) in [6.45, 7) is 8.91. The molecule has 0 atom stereocenters. The first-order valence-corrected chi connectivity index (χ1v) is 19.5. The summed E-state index contributed by atoms with van der Waals surface area (Å²) in [4.78, 5) is 29.8. The molecule has 0 saturated carbocycles. The highest BCUT2D eigenvalue weighted by Crippen LogP contribution is 2.41. The van der Waals surface area contributed by atoms with E-state index in [1.165, 1.54) is 33.4 Å². The van der Waals surface area contributed by atoms with E-state index in [9.17, 15) is 0 Å². The Bertz CT molecular complexity index is 2570. The molecule has 0 amide bonds. The molecule has 0 saturated heterocycles. The van der Waals surface area contributed by atoms with Crippen LogP contribution in [0.25, 0.3) is 90.6 Å². The minimum absolute atomic E-state index is 0.635. The molecule has 6 nitrogen and oxygen atoms in total. The summed E-state index contributed by atoms with van der Waals surface area (Å²) in [6, 6.07) is 57.5. The van der Waals surface area contributed by atoms with Crippen molar-refractivity contribution in [3.05, 3.63) is 192 Å². The van der Waals surface area contributed by atoms with Crippen molar-refractivity contribution in [1.82, 2.24) is 29.9 Å². The molecule has 6 heteroatoms. The van der Waals surface area contributed by atoms with Crippen LogP contribution in [-0.4, -0.2) is 29.9 Å². The largest absolute Gasteiger partial charge is 0.208 e. The summed E-state index contributed by atoms with van der Waals surface area (Å²) in [6.07, 6.45) is 0. The third-order valence-corrected chi connectivity index (χ3v) is 10.8. The fourth-order valence-corrected chi connectivity index (χ4v) is 7.68. The number of aromatic nitrogens is 6. The van der Waals surface area contributed by atoms with Crippen LogP contribution in [0.4, 0.5) is 0 Å². The second-order valence-corrected chi connectivity index (χ2v) is 14.5. The average molecular weight is 749 g/mol. The smallest absolute Gasteiger partial charge is 0.164 e. The highest BCUT2D eigenvalue weighted by Gasteiger charge is 2.20. The molecule has 9 aromatic rings. The van der Waals surface area contributed by atoms with E-state index in [-0.39, 0.29) is 0 Å². The van der Waals surface area contributed by atoms with Crippen LogP contribution in [0.3, 0.4) is 0 Å². The van der Waals surface area contributed by atoms with E-state index in [0.29, 0.717) is 34.9 Å². The predicted molar refractivity (Wildman–Crippen MR) is 236 cm³/mol. The van der Waals surface area contributed by atoms with Crippen molar-refractivity contribution in [1.29, 1.82) is 0 Å². The van der Waals surface area contributed by atoms with Gasteiger partial charge in [-0.1, -0.05) is 158 Å². The molecule has 2 heterocycles. The van der Waals surface area contributed by atoms with Crippen molar-refractivity contribution in [3.8, 4) is 90.6 Å². The van der Waals surface area contributed by atoms with Crippen LogP contribution < -0.4 is 0 Å². The van der Waals surface area contributed by atoms with E-state index in [0.717, 1.165) is 44.5 Å². The Balaban J connectivity index is 1.12. The van der Waals surface area contributed by atoms with Crippen LogP contribution in [0.2, 0.25) is 0 Å². The van der Waals surface area contributed by atoms with Gasteiger partial charge in [0.2, 0.25) is 0 Å². The van der Waals surface area contributed by atoms with Gasteiger partial charge in [0.15, 0.2) is 34.9 Å². The number of nitrogens with zero attached hydrogens (tertiary/aromatic N) is 6. The van der Waals surface area contributed by atoms with Gasteiger partial charge in [0.1, 0.15) is 0 Å². The Morgan fingerprint density at radius 1 is 0.224 bits per heavy atom. The Morgan fingerprint density at radius 3 is 0.690 bits per heavy atom. The minimum atomic E-state index is 0.635. The van der Waals surface area contributed by atoms with Gasteiger partial charge in [-0.25, -0.2) is 29.9 Å². The summed E-state index contributed by atoms with van der Waals surface area (Å²) in [5, 5.41) is 0. The van der Waals surface area contributed by atoms with Gasteiger partial charge in [0.25, 0.3) is 0 Å². The van der Waals surface area contributed by atoms with Gasteiger partial charge >= 0.3 is 0 Å². The molecule has 2 aromatic heterocycles. The van der Waals surface area contributed by atoms with Crippen molar-refractivity contribution < 1.29 is 0 Å². The van der Waals surface area contributed by atoms with Gasteiger partial charge in [-0.3, -0.25) is 0 Å². The number of rotatable bonds is 8. The van der Waals surface area contributed by atoms with Crippen LogP contribution in [0, 0.1) is 27.7 Å². The Morgan fingerprint density at radius 2 is 0.431 bits per heavy atom. The lowest BCUT2D eigenvalue weighted by atomic mass is 9.83. The van der Waals surface area contributed by atoms with Crippen LogP contribution in [0.1, 0.15) is 22.3 Å². The Labute approximate surface area is 339 Å². The maximum absolute atomic E-state index is 5.01. The molecular formula is C52H40N6. The van der Waals surface area contributed by atoms with Gasteiger partial charge in [-0.15, -0.1) is 0 Å². The third kappa shape index (κ3) is 7.08.